The smallest absolute Gasteiger partial charge is 0.114 e. The summed E-state index contributed by atoms with van der Waals surface area (Å²) < 4.78 is 3.60. The van der Waals surface area contributed by atoms with Crippen LogP contribution in [0.3, 0.4) is 0 Å². The average molecular weight is 353 g/mol. The fraction of sp³-hybridized carbons (Fsp3) is 0.200. The zero-order chi connectivity index (χ0) is 13.6. The number of halogens is 1. The molecule has 1 atom stereocenters. The summed E-state index contributed by atoms with van der Waals surface area (Å²) in [6.07, 6.45) is -0.531. The summed E-state index contributed by atoms with van der Waals surface area (Å²) >= 11 is 6.93. The summed E-state index contributed by atoms with van der Waals surface area (Å²) in [5.74, 6) is 0. The van der Waals surface area contributed by atoms with Crippen LogP contribution in [0.4, 0.5) is 0 Å². The van der Waals surface area contributed by atoms with Gasteiger partial charge in [0.2, 0.25) is 0 Å². The van der Waals surface area contributed by atoms with Crippen molar-refractivity contribution in [1.82, 2.24) is 0 Å². The van der Waals surface area contributed by atoms with E-state index in [-0.39, 0.29) is 0 Å². The van der Waals surface area contributed by atoms with Gasteiger partial charge in [0.25, 0.3) is 0 Å². The molecule has 0 aliphatic rings. The Balaban J connectivity index is 2.06. The molecular weight excluding hydrogens is 340 g/mol. The predicted molar refractivity (Wildman–Crippen MR) is 87.4 cm³/mol. The fourth-order valence-electron chi connectivity index (χ4n) is 2.17. The second-order valence-electron chi connectivity index (χ2n) is 4.66. The molecule has 0 fully saturated rings. The van der Waals surface area contributed by atoms with Crippen molar-refractivity contribution in [3.05, 3.63) is 55.7 Å². The maximum Gasteiger partial charge on any atom is 0.114 e. The molecule has 98 valence electrons. The van der Waals surface area contributed by atoms with Gasteiger partial charge in [-0.05, 0) is 54.1 Å². The molecule has 1 nitrogen and oxygen atoms in total. The van der Waals surface area contributed by atoms with Crippen LogP contribution in [0, 0.1) is 13.8 Å². The highest BCUT2D eigenvalue weighted by molar-refractivity contribution is 9.10. The van der Waals surface area contributed by atoms with E-state index >= 15 is 0 Å². The van der Waals surface area contributed by atoms with Crippen LogP contribution in [0.25, 0.3) is 9.40 Å². The van der Waals surface area contributed by atoms with Crippen molar-refractivity contribution in [2.24, 2.45) is 0 Å². The van der Waals surface area contributed by atoms with Crippen molar-refractivity contribution in [2.75, 3.05) is 0 Å². The predicted octanol–water partition coefficient (Wildman–Crippen LogP) is 5.42. The van der Waals surface area contributed by atoms with Crippen LogP contribution < -0.4 is 0 Å². The lowest BCUT2D eigenvalue weighted by atomic mass is 10.00. The molecule has 1 unspecified atom stereocenters. The number of thiophene rings is 2. The molecule has 1 N–H and O–H groups in total. The minimum atomic E-state index is -0.531. The number of aryl methyl sites for hydroxylation is 2. The van der Waals surface area contributed by atoms with Gasteiger partial charge in [-0.3, -0.25) is 0 Å². The number of hydrogen-bond acceptors (Lipinski definition) is 3. The van der Waals surface area contributed by atoms with E-state index in [0.29, 0.717) is 0 Å². The Morgan fingerprint density at radius 3 is 2.63 bits per heavy atom. The van der Waals surface area contributed by atoms with E-state index in [1.807, 2.05) is 13.8 Å². The van der Waals surface area contributed by atoms with Crippen LogP contribution in [-0.4, -0.2) is 5.11 Å². The van der Waals surface area contributed by atoms with Gasteiger partial charge in [0.1, 0.15) is 6.10 Å². The highest BCUT2D eigenvalue weighted by Crippen LogP contribution is 2.37. The van der Waals surface area contributed by atoms with Gasteiger partial charge in [-0.15, -0.1) is 22.7 Å². The third kappa shape index (κ3) is 2.38. The molecule has 0 aliphatic heterocycles. The number of aliphatic hydroxyl groups excluding tert-OH is 1. The van der Waals surface area contributed by atoms with Gasteiger partial charge < -0.3 is 5.11 Å². The number of rotatable bonds is 2. The van der Waals surface area contributed by atoms with Gasteiger partial charge >= 0.3 is 0 Å². The summed E-state index contributed by atoms with van der Waals surface area (Å²) in [6.45, 7) is 4.09. The topological polar surface area (TPSA) is 20.2 Å². The summed E-state index contributed by atoms with van der Waals surface area (Å²) in [5.41, 5.74) is 3.26. The highest BCUT2D eigenvalue weighted by atomic mass is 79.9. The quantitative estimate of drug-likeness (QED) is 0.652. The standard InChI is InChI=1S/C15H13BrOS2/c1-8-6-11(16)9(2)5-10(8)15(17)14-7-13-12(19-14)3-4-18-13/h3-7,15,17H,1-2H3. The third-order valence-electron chi connectivity index (χ3n) is 3.27. The molecule has 2 aromatic heterocycles. The highest BCUT2D eigenvalue weighted by Gasteiger charge is 2.17. The van der Waals surface area contributed by atoms with E-state index in [4.69, 9.17) is 0 Å². The molecule has 19 heavy (non-hydrogen) atoms. The van der Waals surface area contributed by atoms with Crippen molar-refractivity contribution >= 4 is 48.0 Å². The minimum Gasteiger partial charge on any atom is -0.383 e. The normalized spacial score (nSPS) is 13.1. The van der Waals surface area contributed by atoms with Crippen LogP contribution >= 0.6 is 38.6 Å². The zero-order valence-corrected chi connectivity index (χ0v) is 13.8. The Labute approximate surface area is 128 Å². The molecule has 0 aliphatic carbocycles. The van der Waals surface area contributed by atoms with Gasteiger partial charge in [-0.25, -0.2) is 0 Å². The molecule has 0 saturated carbocycles. The van der Waals surface area contributed by atoms with E-state index in [9.17, 15) is 5.11 Å². The maximum absolute atomic E-state index is 10.6. The van der Waals surface area contributed by atoms with Crippen molar-refractivity contribution < 1.29 is 5.11 Å². The lowest BCUT2D eigenvalue weighted by Gasteiger charge is -2.14. The van der Waals surface area contributed by atoms with Gasteiger partial charge in [0.05, 0.1) is 0 Å². The molecule has 0 bridgehead atoms. The van der Waals surface area contributed by atoms with Crippen LogP contribution in [0.15, 0.2) is 34.1 Å². The Morgan fingerprint density at radius 2 is 1.89 bits per heavy atom. The van der Waals surface area contributed by atoms with Crippen molar-refractivity contribution in [2.45, 2.75) is 20.0 Å². The summed E-state index contributed by atoms with van der Waals surface area (Å²) in [5, 5.41) is 12.7. The Bertz CT molecular complexity index is 713. The first-order chi connectivity index (χ1) is 9.06. The molecule has 0 radical (unpaired) electrons. The largest absolute Gasteiger partial charge is 0.383 e. The number of fused-ring (bicyclic) bond motifs is 1. The van der Waals surface area contributed by atoms with E-state index in [0.717, 1.165) is 26.0 Å². The molecule has 0 amide bonds. The molecule has 3 rings (SSSR count). The Kier molecular flexibility index (Phi) is 3.52. The van der Waals surface area contributed by atoms with Crippen molar-refractivity contribution in [3.63, 3.8) is 0 Å². The zero-order valence-electron chi connectivity index (χ0n) is 10.6. The molecule has 4 heteroatoms. The second-order valence-corrected chi connectivity index (χ2v) is 7.58. The monoisotopic (exact) mass is 352 g/mol. The maximum atomic E-state index is 10.6. The molecule has 1 aromatic carbocycles. The van der Waals surface area contributed by atoms with E-state index in [1.165, 1.54) is 9.40 Å². The summed E-state index contributed by atoms with van der Waals surface area (Å²) in [4.78, 5) is 1.02. The first-order valence-corrected chi connectivity index (χ1v) is 8.47. The van der Waals surface area contributed by atoms with E-state index in [2.05, 4.69) is 45.6 Å². The molecule has 3 aromatic rings. The summed E-state index contributed by atoms with van der Waals surface area (Å²) in [7, 11) is 0. The lowest BCUT2D eigenvalue weighted by molar-refractivity contribution is 0.223. The van der Waals surface area contributed by atoms with Crippen LogP contribution in [-0.2, 0) is 0 Å². The molecule has 0 spiro atoms. The fourth-order valence-corrected chi connectivity index (χ4v) is 4.75. The average Bonchev–Trinajstić information content (AvgIpc) is 2.93. The van der Waals surface area contributed by atoms with Crippen molar-refractivity contribution in [3.8, 4) is 0 Å². The first-order valence-electron chi connectivity index (χ1n) is 5.98. The second kappa shape index (κ2) is 5.02. The Hall–Kier alpha value is -0.680. The van der Waals surface area contributed by atoms with Gasteiger partial charge in [-0.1, -0.05) is 22.0 Å². The molecule has 0 saturated heterocycles. The molecule has 2 heterocycles. The van der Waals surface area contributed by atoms with Gasteiger partial charge in [-0.2, -0.15) is 0 Å². The number of aliphatic hydroxyl groups is 1. The van der Waals surface area contributed by atoms with Crippen LogP contribution in [0.1, 0.15) is 27.7 Å². The lowest BCUT2D eigenvalue weighted by Crippen LogP contribution is -2.00. The van der Waals surface area contributed by atoms with Crippen LogP contribution in [0.5, 0.6) is 0 Å². The van der Waals surface area contributed by atoms with E-state index in [1.54, 1.807) is 22.7 Å². The van der Waals surface area contributed by atoms with Gasteiger partial charge in [0, 0.05) is 18.7 Å². The summed E-state index contributed by atoms with van der Waals surface area (Å²) in [6, 6.07) is 8.36. The number of hydrogen-bond donors (Lipinski definition) is 1. The minimum absolute atomic E-state index is 0.531. The van der Waals surface area contributed by atoms with Crippen molar-refractivity contribution in [1.29, 1.82) is 0 Å². The Morgan fingerprint density at radius 1 is 1.11 bits per heavy atom. The first kappa shape index (κ1) is 13.3. The van der Waals surface area contributed by atoms with Crippen LogP contribution in [0.2, 0.25) is 0 Å². The van der Waals surface area contributed by atoms with E-state index < -0.39 is 6.10 Å². The SMILES string of the molecule is Cc1cc(C(O)c2cc3sccc3s2)c(C)cc1Br. The third-order valence-corrected chi connectivity index (χ3v) is 6.27. The number of benzene rings is 1. The molecular formula is C15H13BrOS2. The van der Waals surface area contributed by atoms with Gasteiger partial charge in [0.15, 0.2) is 0 Å².